The van der Waals surface area contributed by atoms with Gasteiger partial charge in [0.1, 0.15) is 6.04 Å². The van der Waals surface area contributed by atoms with E-state index in [4.69, 9.17) is 4.84 Å². The van der Waals surface area contributed by atoms with Crippen molar-refractivity contribution in [1.29, 1.82) is 0 Å². The van der Waals surface area contributed by atoms with Crippen molar-refractivity contribution in [2.45, 2.75) is 72.1 Å². The highest BCUT2D eigenvalue weighted by atomic mass is 16.7. The van der Waals surface area contributed by atoms with Crippen molar-refractivity contribution in [3.63, 3.8) is 0 Å². The van der Waals surface area contributed by atoms with E-state index in [0.717, 1.165) is 12.8 Å². The predicted molar refractivity (Wildman–Crippen MR) is 65.9 cm³/mol. The smallest absolute Gasteiger partial charge is 0.239 e. The van der Waals surface area contributed by atoms with Crippen molar-refractivity contribution in [1.82, 2.24) is 10.8 Å². The molecule has 1 unspecified atom stereocenters. The van der Waals surface area contributed by atoms with Crippen LogP contribution in [0.3, 0.4) is 0 Å². The molecule has 0 aliphatic carbocycles. The van der Waals surface area contributed by atoms with Gasteiger partial charge in [-0.15, -0.1) is 0 Å². The minimum atomic E-state index is -0.333. The molecule has 0 heterocycles. The highest BCUT2D eigenvalue weighted by molar-refractivity contribution is 5.81. The molecule has 0 aromatic carbocycles. The minimum absolute atomic E-state index is 0.0158. The SMILES string of the molecule is CCC(CC)NC(=O)C(C)NOC(C)(C)C. The van der Waals surface area contributed by atoms with Gasteiger partial charge in [0.05, 0.1) is 5.60 Å². The summed E-state index contributed by atoms with van der Waals surface area (Å²) in [5.41, 5.74) is 2.48. The van der Waals surface area contributed by atoms with Gasteiger partial charge < -0.3 is 5.32 Å². The minimum Gasteiger partial charge on any atom is -0.352 e. The number of hydroxylamine groups is 1. The van der Waals surface area contributed by atoms with Crippen molar-refractivity contribution in [2.24, 2.45) is 0 Å². The molecule has 0 saturated carbocycles. The van der Waals surface area contributed by atoms with Crippen LogP contribution in [-0.4, -0.2) is 23.6 Å². The molecule has 0 bridgehead atoms. The van der Waals surface area contributed by atoms with Gasteiger partial charge in [-0.05, 0) is 40.5 Å². The molecule has 1 atom stereocenters. The summed E-state index contributed by atoms with van der Waals surface area (Å²) in [6, 6.07) is -0.0776. The monoisotopic (exact) mass is 230 g/mol. The third-order valence-electron chi connectivity index (χ3n) is 2.27. The van der Waals surface area contributed by atoms with Crippen molar-refractivity contribution >= 4 is 5.91 Å². The van der Waals surface area contributed by atoms with Gasteiger partial charge in [-0.2, -0.15) is 5.48 Å². The van der Waals surface area contributed by atoms with Gasteiger partial charge in [-0.25, -0.2) is 0 Å². The fraction of sp³-hybridized carbons (Fsp3) is 0.917. The topological polar surface area (TPSA) is 50.4 Å². The first-order valence-corrected chi connectivity index (χ1v) is 6.04. The lowest BCUT2D eigenvalue weighted by Gasteiger charge is -2.24. The van der Waals surface area contributed by atoms with E-state index < -0.39 is 0 Å². The molecule has 0 aromatic rings. The molecule has 0 rings (SSSR count). The first-order chi connectivity index (χ1) is 7.30. The van der Waals surface area contributed by atoms with Gasteiger partial charge in [-0.3, -0.25) is 9.63 Å². The van der Waals surface area contributed by atoms with Gasteiger partial charge in [0.15, 0.2) is 0 Å². The Labute approximate surface area is 99.1 Å². The Morgan fingerprint density at radius 1 is 1.25 bits per heavy atom. The van der Waals surface area contributed by atoms with Crippen LogP contribution in [0.2, 0.25) is 0 Å². The average Bonchev–Trinajstić information content (AvgIpc) is 2.20. The van der Waals surface area contributed by atoms with E-state index in [-0.39, 0.29) is 23.6 Å². The zero-order valence-electron chi connectivity index (χ0n) is 11.4. The van der Waals surface area contributed by atoms with Crippen LogP contribution < -0.4 is 10.8 Å². The maximum atomic E-state index is 11.7. The van der Waals surface area contributed by atoms with Crippen LogP contribution in [0.4, 0.5) is 0 Å². The van der Waals surface area contributed by atoms with Crippen LogP contribution in [0.1, 0.15) is 54.4 Å². The van der Waals surface area contributed by atoms with E-state index in [1.165, 1.54) is 0 Å². The Hall–Kier alpha value is -0.610. The van der Waals surface area contributed by atoms with Gasteiger partial charge in [0, 0.05) is 6.04 Å². The molecule has 0 saturated heterocycles. The molecule has 16 heavy (non-hydrogen) atoms. The Morgan fingerprint density at radius 3 is 2.12 bits per heavy atom. The fourth-order valence-corrected chi connectivity index (χ4v) is 1.14. The molecule has 4 heteroatoms. The standard InChI is InChI=1S/C12H26N2O2/c1-7-10(8-2)13-11(15)9(3)14-16-12(4,5)6/h9-10,14H,7-8H2,1-6H3,(H,13,15). The largest absolute Gasteiger partial charge is 0.352 e. The summed E-state index contributed by atoms with van der Waals surface area (Å²) in [6.45, 7) is 11.7. The van der Waals surface area contributed by atoms with Crippen LogP contribution in [0, 0.1) is 0 Å². The molecule has 96 valence electrons. The molecule has 2 N–H and O–H groups in total. The highest BCUT2D eigenvalue weighted by Crippen LogP contribution is 2.04. The summed E-state index contributed by atoms with van der Waals surface area (Å²) in [5, 5.41) is 2.97. The molecule has 0 spiro atoms. The number of carbonyl (C=O) groups excluding carboxylic acids is 1. The zero-order chi connectivity index (χ0) is 12.8. The second-order valence-corrected chi connectivity index (χ2v) is 5.08. The summed E-state index contributed by atoms with van der Waals surface area (Å²) in [7, 11) is 0. The summed E-state index contributed by atoms with van der Waals surface area (Å²) < 4.78 is 0. The second kappa shape index (κ2) is 6.86. The van der Waals surface area contributed by atoms with E-state index in [9.17, 15) is 4.79 Å². The van der Waals surface area contributed by atoms with E-state index in [2.05, 4.69) is 24.6 Å². The molecule has 4 nitrogen and oxygen atoms in total. The molecule has 0 aliphatic heterocycles. The number of nitrogens with one attached hydrogen (secondary N) is 2. The Morgan fingerprint density at radius 2 is 1.75 bits per heavy atom. The summed E-state index contributed by atoms with van der Waals surface area (Å²) in [6.07, 6.45) is 1.91. The van der Waals surface area contributed by atoms with Crippen LogP contribution >= 0.6 is 0 Å². The molecule has 1 amide bonds. The third-order valence-corrected chi connectivity index (χ3v) is 2.27. The second-order valence-electron chi connectivity index (χ2n) is 5.08. The average molecular weight is 230 g/mol. The molecular formula is C12H26N2O2. The molecule has 0 fully saturated rings. The number of rotatable bonds is 6. The van der Waals surface area contributed by atoms with Crippen molar-refractivity contribution < 1.29 is 9.63 Å². The highest BCUT2D eigenvalue weighted by Gasteiger charge is 2.18. The normalized spacial score (nSPS) is 13.9. The number of carbonyl (C=O) groups is 1. The van der Waals surface area contributed by atoms with Gasteiger partial charge >= 0.3 is 0 Å². The molecule has 0 radical (unpaired) electrons. The summed E-state index contributed by atoms with van der Waals surface area (Å²) >= 11 is 0. The molecule has 0 aromatic heterocycles. The van der Waals surface area contributed by atoms with E-state index >= 15 is 0 Å². The Kier molecular flexibility index (Phi) is 6.60. The van der Waals surface area contributed by atoms with Crippen LogP contribution in [0.5, 0.6) is 0 Å². The maximum absolute atomic E-state index is 11.7. The predicted octanol–water partition coefficient (Wildman–Crippen LogP) is 2.00. The Bertz CT molecular complexity index is 208. The third kappa shape index (κ3) is 6.80. The maximum Gasteiger partial charge on any atom is 0.239 e. The van der Waals surface area contributed by atoms with Crippen LogP contribution in [0.15, 0.2) is 0 Å². The lowest BCUT2D eigenvalue weighted by atomic mass is 10.1. The van der Waals surface area contributed by atoms with Gasteiger partial charge in [0.2, 0.25) is 5.91 Å². The number of hydrogen-bond acceptors (Lipinski definition) is 3. The number of amides is 1. The number of hydrogen-bond donors (Lipinski definition) is 2. The van der Waals surface area contributed by atoms with E-state index in [1.54, 1.807) is 6.92 Å². The van der Waals surface area contributed by atoms with Crippen molar-refractivity contribution in [3.8, 4) is 0 Å². The fourth-order valence-electron chi connectivity index (χ4n) is 1.14. The molecule has 0 aliphatic rings. The summed E-state index contributed by atoms with van der Waals surface area (Å²) in [4.78, 5) is 17.1. The zero-order valence-corrected chi connectivity index (χ0v) is 11.4. The van der Waals surface area contributed by atoms with Gasteiger partial charge in [0.25, 0.3) is 0 Å². The van der Waals surface area contributed by atoms with E-state index in [1.807, 2.05) is 20.8 Å². The lowest BCUT2D eigenvalue weighted by Crippen LogP contribution is -2.47. The van der Waals surface area contributed by atoms with Gasteiger partial charge in [-0.1, -0.05) is 13.8 Å². The van der Waals surface area contributed by atoms with E-state index in [0.29, 0.717) is 0 Å². The van der Waals surface area contributed by atoms with Crippen molar-refractivity contribution in [3.05, 3.63) is 0 Å². The van der Waals surface area contributed by atoms with Crippen LogP contribution in [0.25, 0.3) is 0 Å². The first kappa shape index (κ1) is 15.4. The quantitative estimate of drug-likeness (QED) is 0.686. The van der Waals surface area contributed by atoms with Crippen molar-refractivity contribution in [2.75, 3.05) is 0 Å². The summed E-state index contributed by atoms with van der Waals surface area (Å²) in [5.74, 6) is -0.0158. The molecular weight excluding hydrogens is 204 g/mol. The Balaban J connectivity index is 3.99. The van der Waals surface area contributed by atoms with Crippen LogP contribution in [-0.2, 0) is 9.63 Å². The lowest BCUT2D eigenvalue weighted by molar-refractivity contribution is -0.134. The first-order valence-electron chi connectivity index (χ1n) is 6.04.